The molecule has 2 amide bonds. The van der Waals surface area contributed by atoms with Crippen LogP contribution in [0.5, 0.6) is 0 Å². The van der Waals surface area contributed by atoms with Gasteiger partial charge in [0.05, 0.1) is 12.1 Å². The van der Waals surface area contributed by atoms with Crippen molar-refractivity contribution in [3.8, 4) is 0 Å². The second kappa shape index (κ2) is 9.40. The maximum Gasteiger partial charge on any atom is 0.243 e. The normalized spacial score (nSPS) is 11.2. The third kappa shape index (κ3) is 4.58. The number of hydrogen-bond donors (Lipinski definition) is 1. The van der Waals surface area contributed by atoms with E-state index >= 15 is 0 Å². The van der Waals surface area contributed by atoms with E-state index < -0.39 is 0 Å². The summed E-state index contributed by atoms with van der Waals surface area (Å²) in [4.78, 5) is 31.5. The van der Waals surface area contributed by atoms with Crippen LogP contribution in [-0.4, -0.2) is 44.9 Å². The molecule has 0 aliphatic carbocycles. The van der Waals surface area contributed by atoms with Crippen molar-refractivity contribution in [1.29, 1.82) is 0 Å². The average molecular weight is 444 g/mol. The smallest absolute Gasteiger partial charge is 0.243 e. The van der Waals surface area contributed by atoms with Crippen LogP contribution >= 0.6 is 0 Å². The van der Waals surface area contributed by atoms with Crippen molar-refractivity contribution in [2.75, 3.05) is 18.9 Å². The number of fused-ring (bicyclic) bond motifs is 3. The number of carbonyl (C=O) groups is 2. The van der Waals surface area contributed by atoms with Crippen LogP contribution < -0.4 is 5.32 Å². The standard InChI is InChI=1S/C26H29N5O2/c1-5-19-10-6-8-12-22(19)28-24(32)16-30(4)25(33)15-14-20-17(2)27-26-21-11-7-9-13-23(21)29-31(26)18(20)3/h6-13H,5,14-16H2,1-4H3,(H,28,32). The van der Waals surface area contributed by atoms with E-state index in [1.165, 1.54) is 4.90 Å². The minimum absolute atomic E-state index is 0.0106. The summed E-state index contributed by atoms with van der Waals surface area (Å²) in [6, 6.07) is 15.6. The van der Waals surface area contributed by atoms with Crippen LogP contribution in [0, 0.1) is 13.8 Å². The van der Waals surface area contributed by atoms with Gasteiger partial charge in [-0.05, 0) is 56.0 Å². The van der Waals surface area contributed by atoms with E-state index in [0.29, 0.717) is 12.8 Å². The van der Waals surface area contributed by atoms with Gasteiger partial charge in [0, 0.05) is 35.9 Å². The minimum Gasteiger partial charge on any atom is -0.336 e. The first-order chi connectivity index (χ1) is 15.9. The molecule has 0 atom stereocenters. The fraction of sp³-hybridized carbons (Fsp3) is 0.308. The van der Waals surface area contributed by atoms with Gasteiger partial charge in [0.25, 0.3) is 0 Å². The molecule has 0 spiro atoms. The van der Waals surface area contributed by atoms with E-state index in [1.807, 2.05) is 73.8 Å². The molecular formula is C26H29N5O2. The summed E-state index contributed by atoms with van der Waals surface area (Å²) >= 11 is 0. The molecule has 2 aromatic heterocycles. The molecule has 33 heavy (non-hydrogen) atoms. The van der Waals surface area contributed by atoms with Crippen molar-refractivity contribution in [2.45, 2.75) is 40.0 Å². The van der Waals surface area contributed by atoms with Gasteiger partial charge in [-0.15, -0.1) is 0 Å². The molecule has 7 nitrogen and oxygen atoms in total. The number of amides is 2. The van der Waals surface area contributed by atoms with Crippen LogP contribution in [0.4, 0.5) is 5.69 Å². The summed E-state index contributed by atoms with van der Waals surface area (Å²) in [5.74, 6) is -0.288. The molecule has 0 aliphatic heterocycles. The number of rotatable bonds is 7. The van der Waals surface area contributed by atoms with Gasteiger partial charge in [-0.1, -0.05) is 37.3 Å². The summed E-state index contributed by atoms with van der Waals surface area (Å²) in [5, 5.41) is 8.61. The number of aryl methyl sites for hydroxylation is 3. The topological polar surface area (TPSA) is 79.6 Å². The fourth-order valence-electron chi connectivity index (χ4n) is 4.20. The van der Waals surface area contributed by atoms with Crippen molar-refractivity contribution in [1.82, 2.24) is 19.5 Å². The predicted molar refractivity (Wildman–Crippen MR) is 130 cm³/mol. The molecule has 0 radical (unpaired) electrons. The number of benzene rings is 2. The molecule has 0 aliphatic rings. The molecule has 0 saturated heterocycles. The second-order valence-corrected chi connectivity index (χ2v) is 8.32. The van der Waals surface area contributed by atoms with E-state index in [1.54, 1.807) is 7.05 Å². The fourth-order valence-corrected chi connectivity index (χ4v) is 4.20. The van der Waals surface area contributed by atoms with Gasteiger partial charge in [0.2, 0.25) is 11.8 Å². The number of anilines is 1. The number of hydrogen-bond acceptors (Lipinski definition) is 4. The summed E-state index contributed by atoms with van der Waals surface area (Å²) in [7, 11) is 1.66. The first kappa shape index (κ1) is 22.5. The highest BCUT2D eigenvalue weighted by atomic mass is 16.2. The molecule has 7 heteroatoms. The van der Waals surface area contributed by atoms with Crippen LogP contribution in [0.2, 0.25) is 0 Å². The highest BCUT2D eigenvalue weighted by molar-refractivity contribution is 5.95. The third-order valence-corrected chi connectivity index (χ3v) is 6.09. The number of nitrogens with zero attached hydrogens (tertiary/aromatic N) is 4. The monoisotopic (exact) mass is 443 g/mol. The Balaban J connectivity index is 1.42. The quantitative estimate of drug-likeness (QED) is 0.467. The Morgan fingerprint density at radius 3 is 2.58 bits per heavy atom. The molecular weight excluding hydrogens is 414 g/mol. The van der Waals surface area contributed by atoms with Crippen LogP contribution in [0.25, 0.3) is 16.6 Å². The SMILES string of the molecule is CCc1ccccc1NC(=O)CN(C)C(=O)CCc1c(C)nc2c3ccccc3nn2c1C. The largest absolute Gasteiger partial charge is 0.336 e. The van der Waals surface area contributed by atoms with E-state index in [-0.39, 0.29) is 18.4 Å². The Kier molecular flexibility index (Phi) is 6.40. The Morgan fingerprint density at radius 2 is 1.79 bits per heavy atom. The number of likely N-dealkylation sites (N-methyl/N-ethyl adjacent to an activating group) is 1. The van der Waals surface area contributed by atoms with Crippen molar-refractivity contribution in [3.05, 3.63) is 71.0 Å². The zero-order chi connectivity index (χ0) is 23.5. The highest BCUT2D eigenvalue weighted by Crippen LogP contribution is 2.23. The lowest BCUT2D eigenvalue weighted by atomic mass is 10.1. The molecule has 2 heterocycles. The van der Waals surface area contributed by atoms with Gasteiger partial charge in [0.15, 0.2) is 5.65 Å². The summed E-state index contributed by atoms with van der Waals surface area (Å²) in [6.45, 7) is 6.03. The Morgan fingerprint density at radius 1 is 1.06 bits per heavy atom. The Labute approximate surface area is 193 Å². The highest BCUT2D eigenvalue weighted by Gasteiger charge is 2.18. The molecule has 0 fully saturated rings. The molecule has 2 aromatic carbocycles. The second-order valence-electron chi connectivity index (χ2n) is 8.32. The molecule has 0 unspecified atom stereocenters. The lowest BCUT2D eigenvalue weighted by Crippen LogP contribution is -2.35. The Bertz CT molecular complexity index is 1340. The van der Waals surface area contributed by atoms with Crippen molar-refractivity contribution < 1.29 is 9.59 Å². The zero-order valence-electron chi connectivity index (χ0n) is 19.6. The van der Waals surface area contributed by atoms with Crippen molar-refractivity contribution >= 4 is 34.1 Å². The van der Waals surface area contributed by atoms with Gasteiger partial charge >= 0.3 is 0 Å². The van der Waals surface area contributed by atoms with E-state index in [9.17, 15) is 9.59 Å². The molecule has 0 saturated carbocycles. The van der Waals surface area contributed by atoms with E-state index in [0.717, 1.165) is 51.2 Å². The zero-order valence-corrected chi connectivity index (χ0v) is 19.6. The lowest BCUT2D eigenvalue weighted by molar-refractivity contribution is -0.133. The van der Waals surface area contributed by atoms with Crippen LogP contribution in [0.15, 0.2) is 48.5 Å². The number of aromatic nitrogens is 3. The van der Waals surface area contributed by atoms with Crippen LogP contribution in [0.3, 0.4) is 0 Å². The molecule has 170 valence electrons. The first-order valence-electron chi connectivity index (χ1n) is 11.2. The average Bonchev–Trinajstić information content (AvgIpc) is 3.17. The van der Waals surface area contributed by atoms with Gasteiger partial charge in [-0.3, -0.25) is 9.59 Å². The van der Waals surface area contributed by atoms with E-state index in [2.05, 4.69) is 10.4 Å². The maximum absolute atomic E-state index is 12.8. The van der Waals surface area contributed by atoms with Gasteiger partial charge in [0.1, 0.15) is 0 Å². The molecule has 0 bridgehead atoms. The van der Waals surface area contributed by atoms with Crippen LogP contribution in [0.1, 0.15) is 35.9 Å². The maximum atomic E-state index is 12.8. The molecule has 4 aromatic rings. The molecule has 4 rings (SSSR count). The van der Waals surface area contributed by atoms with Crippen molar-refractivity contribution in [3.63, 3.8) is 0 Å². The summed E-state index contributed by atoms with van der Waals surface area (Å²) in [6.07, 6.45) is 1.67. The van der Waals surface area contributed by atoms with Crippen LogP contribution in [-0.2, 0) is 22.4 Å². The minimum atomic E-state index is -0.203. The van der Waals surface area contributed by atoms with Gasteiger partial charge in [-0.2, -0.15) is 5.10 Å². The van der Waals surface area contributed by atoms with E-state index in [4.69, 9.17) is 4.98 Å². The predicted octanol–water partition coefficient (Wildman–Crippen LogP) is 4.09. The van der Waals surface area contributed by atoms with Gasteiger partial charge in [-0.25, -0.2) is 9.50 Å². The first-order valence-corrected chi connectivity index (χ1v) is 11.2. The third-order valence-electron chi connectivity index (χ3n) is 6.09. The number of carbonyl (C=O) groups excluding carboxylic acids is 2. The molecule has 1 N–H and O–H groups in total. The number of nitrogens with one attached hydrogen (secondary N) is 1. The van der Waals surface area contributed by atoms with Crippen molar-refractivity contribution in [2.24, 2.45) is 0 Å². The number of para-hydroxylation sites is 1. The lowest BCUT2D eigenvalue weighted by Gasteiger charge is -2.18. The van der Waals surface area contributed by atoms with Gasteiger partial charge < -0.3 is 10.2 Å². The summed E-state index contributed by atoms with van der Waals surface area (Å²) < 4.78 is 1.86. The summed E-state index contributed by atoms with van der Waals surface area (Å²) in [5.41, 5.74) is 6.49. The Hall–Kier alpha value is -3.74.